The zero-order chi connectivity index (χ0) is 45.6. The largest absolute Gasteiger partial charge is 0.300 e. The fourth-order valence-electron chi connectivity index (χ4n) is 11.9. The number of hydrogen-bond acceptors (Lipinski definition) is 4. The molecule has 364 valence electrons. The average Bonchev–Trinajstić information content (AvgIpc) is 3.70. The van der Waals surface area contributed by atoms with E-state index in [-0.39, 0.29) is 57.0 Å². The van der Waals surface area contributed by atoms with E-state index in [1.165, 1.54) is 38.5 Å². The molecule has 4 saturated heterocycles. The highest BCUT2D eigenvalue weighted by Gasteiger charge is 2.60. The standard InChI is InChI=1S/C14H25F2N.C13H23F2N.C12H21F2N.C11H19F2N/c1-11(2)12-5-9-17(10-6-12)13-3-7-14(15,16)8-4-13;1-10(2)11-4-7-16(8-5-11)12-3-6-13(14,15)9-12;1-9(2)10-3-5-15(6-4-10)11-7-12(13,14)8-11;1-8(2)9-3-5-14(6-4-9)10-7-11(10,12)13/h11-13H,3-10H2,1-2H3;10-12H,3-9H2,1-2H3;9-11H,3-8H2,1-2H3;8-10H,3-7H2,1-2H3. The Morgan fingerprint density at radius 3 is 0.887 bits per heavy atom. The lowest BCUT2D eigenvalue weighted by Crippen LogP contribution is -2.53. The third kappa shape index (κ3) is 15.7. The van der Waals surface area contributed by atoms with Gasteiger partial charge in [0.05, 0.1) is 6.04 Å². The fourth-order valence-corrected chi connectivity index (χ4v) is 11.9. The van der Waals surface area contributed by atoms with E-state index < -0.39 is 29.7 Å². The summed E-state index contributed by atoms with van der Waals surface area (Å²) < 4.78 is 103. The summed E-state index contributed by atoms with van der Waals surface area (Å²) in [5.74, 6) is -3.34. The van der Waals surface area contributed by atoms with Crippen LogP contribution in [-0.2, 0) is 0 Å². The van der Waals surface area contributed by atoms with Crippen LogP contribution in [0.5, 0.6) is 0 Å². The first kappa shape index (κ1) is 52.3. The van der Waals surface area contributed by atoms with E-state index in [1.807, 2.05) is 4.90 Å². The van der Waals surface area contributed by atoms with Gasteiger partial charge in [0.2, 0.25) is 11.8 Å². The van der Waals surface area contributed by atoms with Crippen LogP contribution in [0.2, 0.25) is 0 Å². The molecule has 8 fully saturated rings. The van der Waals surface area contributed by atoms with Crippen LogP contribution in [-0.4, -0.2) is 120 Å². The number of rotatable bonds is 8. The number of likely N-dealkylation sites (tertiary alicyclic amines) is 4. The first-order valence-electron chi connectivity index (χ1n) is 25.4. The van der Waals surface area contributed by atoms with Gasteiger partial charge in [-0.15, -0.1) is 0 Å². The lowest BCUT2D eigenvalue weighted by atomic mass is 9.82. The van der Waals surface area contributed by atoms with Gasteiger partial charge in [-0.05, 0) is 170 Å². The molecule has 0 aromatic carbocycles. The van der Waals surface area contributed by atoms with Gasteiger partial charge >= 0.3 is 0 Å². The van der Waals surface area contributed by atoms with Gasteiger partial charge in [-0.1, -0.05) is 55.4 Å². The molecule has 0 bridgehead atoms. The summed E-state index contributed by atoms with van der Waals surface area (Å²) in [6, 6.07) is 0.342. The molecular weight excluding hydrogens is 809 g/mol. The normalized spacial score (nSPS) is 31.0. The summed E-state index contributed by atoms with van der Waals surface area (Å²) in [5.41, 5.74) is 0. The lowest BCUT2D eigenvalue weighted by Gasteiger charge is -2.45. The van der Waals surface area contributed by atoms with E-state index >= 15 is 0 Å². The molecule has 0 aromatic heterocycles. The van der Waals surface area contributed by atoms with Gasteiger partial charge in [0.25, 0.3) is 11.8 Å². The highest BCUT2D eigenvalue weighted by atomic mass is 19.3. The summed E-state index contributed by atoms with van der Waals surface area (Å²) in [6.45, 7) is 26.2. The molecule has 12 heteroatoms. The van der Waals surface area contributed by atoms with Crippen LogP contribution in [0.25, 0.3) is 0 Å². The van der Waals surface area contributed by atoms with Crippen molar-refractivity contribution < 1.29 is 35.1 Å². The summed E-state index contributed by atoms with van der Waals surface area (Å²) >= 11 is 0. The Balaban J connectivity index is 0.000000156. The molecule has 4 nitrogen and oxygen atoms in total. The Morgan fingerprint density at radius 2 is 0.597 bits per heavy atom. The zero-order valence-electron chi connectivity index (χ0n) is 40.1. The molecule has 0 N–H and O–H groups in total. The van der Waals surface area contributed by atoms with E-state index in [9.17, 15) is 35.1 Å². The van der Waals surface area contributed by atoms with Gasteiger partial charge in [0, 0.05) is 63.1 Å². The first-order chi connectivity index (χ1) is 28.9. The lowest BCUT2D eigenvalue weighted by molar-refractivity contribution is -0.129. The van der Waals surface area contributed by atoms with Crippen LogP contribution < -0.4 is 0 Å². The van der Waals surface area contributed by atoms with E-state index in [0.717, 1.165) is 107 Å². The van der Waals surface area contributed by atoms with Gasteiger partial charge in [0.15, 0.2) is 0 Å². The Labute approximate surface area is 372 Å². The molecule has 0 aromatic rings. The molecule has 4 aliphatic heterocycles. The maximum Gasteiger partial charge on any atom is 0.265 e. The van der Waals surface area contributed by atoms with E-state index in [0.29, 0.717) is 31.2 Å². The molecule has 0 amide bonds. The molecule has 0 spiro atoms. The molecule has 0 radical (unpaired) electrons. The van der Waals surface area contributed by atoms with Gasteiger partial charge in [0.1, 0.15) is 0 Å². The second kappa shape index (κ2) is 22.4. The second-order valence-electron chi connectivity index (χ2n) is 22.7. The Hall–Kier alpha value is -0.720. The topological polar surface area (TPSA) is 13.0 Å². The minimum absolute atomic E-state index is 0.0966. The molecule has 4 saturated carbocycles. The van der Waals surface area contributed by atoms with Crippen molar-refractivity contribution in [3.05, 3.63) is 0 Å². The Kier molecular flexibility index (Phi) is 18.9. The van der Waals surface area contributed by atoms with Crippen LogP contribution in [0.1, 0.15) is 171 Å². The van der Waals surface area contributed by atoms with Crippen LogP contribution in [0.4, 0.5) is 35.1 Å². The quantitative estimate of drug-likeness (QED) is 0.225. The highest BCUT2D eigenvalue weighted by molar-refractivity contribution is 5.04. The predicted molar refractivity (Wildman–Crippen MR) is 238 cm³/mol. The number of halogens is 8. The summed E-state index contributed by atoms with van der Waals surface area (Å²) in [5, 5.41) is 0. The maximum absolute atomic E-state index is 13.1. The van der Waals surface area contributed by atoms with Crippen molar-refractivity contribution in [3.63, 3.8) is 0 Å². The van der Waals surface area contributed by atoms with Crippen molar-refractivity contribution in [2.45, 2.75) is 219 Å². The number of nitrogens with zero attached hydrogens (tertiary/aromatic N) is 4. The molecule has 2 atom stereocenters. The molecule has 62 heavy (non-hydrogen) atoms. The van der Waals surface area contributed by atoms with Gasteiger partial charge < -0.3 is 9.80 Å². The van der Waals surface area contributed by atoms with Crippen molar-refractivity contribution in [3.8, 4) is 0 Å². The molecule has 4 aliphatic carbocycles. The molecule has 2 unspecified atom stereocenters. The van der Waals surface area contributed by atoms with Crippen molar-refractivity contribution in [1.29, 1.82) is 0 Å². The van der Waals surface area contributed by atoms with Gasteiger partial charge in [-0.3, -0.25) is 9.80 Å². The monoisotopic (exact) mass is 897 g/mol. The number of piperidine rings is 4. The van der Waals surface area contributed by atoms with Crippen LogP contribution in [0.3, 0.4) is 0 Å². The zero-order valence-corrected chi connectivity index (χ0v) is 40.1. The molecule has 8 aliphatic rings. The smallest absolute Gasteiger partial charge is 0.265 e. The van der Waals surface area contributed by atoms with Gasteiger partial charge in [-0.2, -0.15) is 0 Å². The van der Waals surface area contributed by atoms with Crippen molar-refractivity contribution in [1.82, 2.24) is 19.6 Å². The maximum atomic E-state index is 13.1. The summed E-state index contributed by atoms with van der Waals surface area (Å²) in [7, 11) is 0. The second-order valence-corrected chi connectivity index (χ2v) is 22.7. The minimum atomic E-state index is -2.39. The predicted octanol–water partition coefficient (Wildman–Crippen LogP) is 13.4. The van der Waals surface area contributed by atoms with Crippen molar-refractivity contribution >= 4 is 0 Å². The minimum Gasteiger partial charge on any atom is -0.300 e. The number of alkyl halides is 8. The molecular formula is C50H88F8N4. The van der Waals surface area contributed by atoms with Crippen molar-refractivity contribution in [2.75, 3.05) is 52.4 Å². The molecule has 4 heterocycles. The molecule has 8 rings (SSSR count). The van der Waals surface area contributed by atoms with Crippen LogP contribution in [0, 0.1) is 47.3 Å². The van der Waals surface area contributed by atoms with Crippen LogP contribution >= 0.6 is 0 Å². The van der Waals surface area contributed by atoms with Crippen LogP contribution in [0.15, 0.2) is 0 Å². The Morgan fingerprint density at radius 1 is 0.323 bits per heavy atom. The third-order valence-electron chi connectivity index (χ3n) is 17.0. The van der Waals surface area contributed by atoms with E-state index in [1.54, 1.807) is 0 Å². The SMILES string of the molecule is CC(C)C1CCN(C2CC(F)(F)C2)CC1.CC(C)C1CCN(C2CC2(F)F)CC1.CC(C)C1CCN(C2CCC(F)(F)C2)CC1.CC(C)C1CCN(C2CCC(F)(F)CC2)CC1. The summed E-state index contributed by atoms with van der Waals surface area (Å²) in [4.78, 5) is 9.03. The Bertz CT molecular complexity index is 1280. The van der Waals surface area contributed by atoms with Gasteiger partial charge in [-0.25, -0.2) is 35.1 Å². The average molecular weight is 897 g/mol. The number of hydrogen-bond donors (Lipinski definition) is 0. The summed E-state index contributed by atoms with van der Waals surface area (Å²) in [6.07, 6.45) is 12.3. The third-order valence-corrected chi connectivity index (χ3v) is 17.0. The van der Waals surface area contributed by atoms with E-state index in [2.05, 4.69) is 70.1 Å². The fraction of sp³-hybridized carbons (Fsp3) is 1.00. The first-order valence-corrected chi connectivity index (χ1v) is 25.4. The highest BCUT2D eigenvalue weighted by Crippen LogP contribution is 2.47. The van der Waals surface area contributed by atoms with Crippen molar-refractivity contribution in [2.24, 2.45) is 47.3 Å². The van der Waals surface area contributed by atoms with E-state index in [4.69, 9.17) is 0 Å².